The molecule has 46 valence electrons. The molecule has 0 aromatic heterocycles. The van der Waals surface area contributed by atoms with Crippen LogP contribution in [-0.2, 0) is 0 Å². The molecule has 2 amide bonds. The molecule has 7 N–H and O–H groups in total. The van der Waals surface area contributed by atoms with Gasteiger partial charge in [-0.05, 0) is 0 Å². The van der Waals surface area contributed by atoms with E-state index in [1.54, 1.807) is 5.43 Å². The Bertz CT molecular complexity index is 114. The number of hydrogen-bond donors (Lipinski definition) is 4. The van der Waals surface area contributed by atoms with Crippen LogP contribution in [0.15, 0.2) is 4.99 Å². The average molecular weight is 117 g/mol. The van der Waals surface area contributed by atoms with Gasteiger partial charge in [-0.15, -0.1) is 0 Å². The summed E-state index contributed by atoms with van der Waals surface area (Å²) < 4.78 is 0. The SMILES string of the molecule is NNC(=O)N=C(N)N. The molecule has 0 radical (unpaired) electrons. The number of carbonyl (C=O) groups excluding carboxylic acids is 1. The van der Waals surface area contributed by atoms with Crippen molar-refractivity contribution in [2.45, 2.75) is 0 Å². The van der Waals surface area contributed by atoms with Crippen molar-refractivity contribution >= 4 is 12.0 Å². The highest BCUT2D eigenvalue weighted by Crippen LogP contribution is 1.64. The maximum atomic E-state index is 10.0. The molecule has 0 spiro atoms. The van der Waals surface area contributed by atoms with Gasteiger partial charge in [0.2, 0.25) is 0 Å². The number of amides is 2. The van der Waals surface area contributed by atoms with Crippen molar-refractivity contribution in [3.8, 4) is 0 Å². The first-order valence-electron chi connectivity index (χ1n) is 1.77. The van der Waals surface area contributed by atoms with Crippen molar-refractivity contribution in [1.82, 2.24) is 5.43 Å². The molecule has 0 fully saturated rings. The Balaban J connectivity index is 3.70. The molecule has 0 atom stereocenters. The maximum Gasteiger partial charge on any atom is 0.358 e. The molecular formula is C2H7N5O. The first-order valence-corrected chi connectivity index (χ1v) is 1.77. The molecule has 0 saturated heterocycles. The molecule has 0 aliphatic heterocycles. The minimum absolute atomic E-state index is 0.312. The highest BCUT2D eigenvalue weighted by molar-refractivity contribution is 5.90. The van der Waals surface area contributed by atoms with Gasteiger partial charge >= 0.3 is 6.03 Å². The third kappa shape index (κ3) is 2.91. The first kappa shape index (κ1) is 6.70. The van der Waals surface area contributed by atoms with E-state index in [0.717, 1.165) is 0 Å². The second kappa shape index (κ2) is 2.80. The third-order valence-corrected chi connectivity index (χ3v) is 0.354. The third-order valence-electron chi connectivity index (χ3n) is 0.354. The van der Waals surface area contributed by atoms with Crippen LogP contribution in [0, 0.1) is 0 Å². The van der Waals surface area contributed by atoms with Crippen molar-refractivity contribution in [2.75, 3.05) is 0 Å². The molecule has 0 aliphatic carbocycles. The smallest absolute Gasteiger partial charge is 0.358 e. The van der Waals surface area contributed by atoms with Crippen molar-refractivity contribution in [3.05, 3.63) is 0 Å². The van der Waals surface area contributed by atoms with Crippen LogP contribution in [0.5, 0.6) is 0 Å². The zero-order valence-corrected chi connectivity index (χ0v) is 4.09. The number of nitrogens with one attached hydrogen (secondary N) is 1. The van der Waals surface area contributed by atoms with Gasteiger partial charge in [0, 0.05) is 0 Å². The summed E-state index contributed by atoms with van der Waals surface area (Å²) in [7, 11) is 0. The molecule has 0 aromatic carbocycles. The fourth-order valence-corrected chi connectivity index (χ4v) is 0.150. The molecule has 8 heavy (non-hydrogen) atoms. The van der Waals surface area contributed by atoms with E-state index in [0.29, 0.717) is 0 Å². The van der Waals surface area contributed by atoms with Gasteiger partial charge in [-0.1, -0.05) is 0 Å². The van der Waals surface area contributed by atoms with Crippen LogP contribution in [0.2, 0.25) is 0 Å². The molecule has 6 nitrogen and oxygen atoms in total. The highest BCUT2D eigenvalue weighted by atomic mass is 16.2. The summed E-state index contributed by atoms with van der Waals surface area (Å²) in [6.07, 6.45) is 0. The summed E-state index contributed by atoms with van der Waals surface area (Å²) in [6.45, 7) is 0. The number of aliphatic imine (C=N–C) groups is 1. The van der Waals surface area contributed by atoms with Gasteiger partial charge in [-0.3, -0.25) is 5.43 Å². The Morgan fingerprint density at radius 3 is 2.12 bits per heavy atom. The van der Waals surface area contributed by atoms with Gasteiger partial charge in [0.15, 0.2) is 5.96 Å². The maximum absolute atomic E-state index is 10.0. The summed E-state index contributed by atoms with van der Waals surface area (Å²) in [6, 6.07) is -0.759. The molecular weight excluding hydrogens is 110 g/mol. The Labute approximate surface area is 45.7 Å². The van der Waals surface area contributed by atoms with E-state index < -0.39 is 6.03 Å². The average Bonchev–Trinajstić information content (AvgIpc) is 1.65. The van der Waals surface area contributed by atoms with E-state index in [-0.39, 0.29) is 5.96 Å². The Hall–Kier alpha value is -1.30. The van der Waals surface area contributed by atoms with E-state index in [2.05, 4.69) is 10.8 Å². The van der Waals surface area contributed by atoms with Crippen molar-refractivity contribution in [1.29, 1.82) is 0 Å². The summed E-state index contributed by atoms with van der Waals surface area (Å²) in [5.41, 5.74) is 11.3. The van der Waals surface area contributed by atoms with Crippen LogP contribution in [0.1, 0.15) is 0 Å². The number of rotatable bonds is 0. The van der Waals surface area contributed by atoms with Gasteiger partial charge < -0.3 is 11.5 Å². The van der Waals surface area contributed by atoms with Gasteiger partial charge in [0.05, 0.1) is 0 Å². The highest BCUT2D eigenvalue weighted by Gasteiger charge is 1.89. The van der Waals surface area contributed by atoms with Gasteiger partial charge in [-0.2, -0.15) is 4.99 Å². The molecule has 0 heterocycles. The summed E-state index contributed by atoms with van der Waals surface area (Å²) in [4.78, 5) is 13.0. The minimum Gasteiger partial charge on any atom is -0.370 e. The van der Waals surface area contributed by atoms with Crippen LogP contribution < -0.4 is 22.7 Å². The van der Waals surface area contributed by atoms with E-state index in [1.807, 2.05) is 0 Å². The summed E-state index contributed by atoms with van der Waals surface area (Å²) in [5, 5.41) is 0. The molecule has 0 aromatic rings. The van der Waals surface area contributed by atoms with Gasteiger partial charge in [-0.25, -0.2) is 10.6 Å². The topological polar surface area (TPSA) is 120 Å². The van der Waals surface area contributed by atoms with Crippen LogP contribution >= 0.6 is 0 Å². The second-order valence-electron chi connectivity index (χ2n) is 0.986. The fourth-order valence-electron chi connectivity index (χ4n) is 0.150. The van der Waals surface area contributed by atoms with E-state index in [4.69, 9.17) is 11.5 Å². The predicted molar refractivity (Wildman–Crippen MR) is 28.5 cm³/mol. The minimum atomic E-state index is -0.759. The largest absolute Gasteiger partial charge is 0.370 e. The van der Waals surface area contributed by atoms with E-state index >= 15 is 0 Å². The molecule has 0 bridgehead atoms. The molecule has 0 unspecified atom stereocenters. The predicted octanol–water partition coefficient (Wildman–Crippen LogP) is -2.16. The molecule has 0 saturated carbocycles. The second-order valence-corrected chi connectivity index (χ2v) is 0.986. The lowest BCUT2D eigenvalue weighted by molar-refractivity contribution is 0.249. The van der Waals surface area contributed by atoms with E-state index in [1.165, 1.54) is 0 Å². The number of hydrazine groups is 1. The van der Waals surface area contributed by atoms with Gasteiger partial charge in [0.1, 0.15) is 0 Å². The Morgan fingerprint density at radius 1 is 1.50 bits per heavy atom. The van der Waals surface area contributed by atoms with Crippen molar-refractivity contribution in [2.24, 2.45) is 22.3 Å². The lowest BCUT2D eigenvalue weighted by Crippen LogP contribution is -2.32. The lowest BCUT2D eigenvalue weighted by Gasteiger charge is -1.88. The number of nitrogens with zero attached hydrogens (tertiary/aromatic N) is 1. The van der Waals surface area contributed by atoms with Crippen LogP contribution in [0.25, 0.3) is 0 Å². The lowest BCUT2D eigenvalue weighted by atomic mass is 11.0. The van der Waals surface area contributed by atoms with Crippen LogP contribution in [0.4, 0.5) is 4.79 Å². The van der Waals surface area contributed by atoms with Crippen molar-refractivity contribution in [3.63, 3.8) is 0 Å². The first-order chi connectivity index (χ1) is 3.66. The number of guanidine groups is 1. The quantitative estimate of drug-likeness (QED) is 0.0949. The number of urea groups is 1. The monoisotopic (exact) mass is 117 g/mol. The standard InChI is InChI=1S/C2H7N5O/c3-1(4)6-2(8)7-5/h5H2,(H5,3,4,6,7,8). The van der Waals surface area contributed by atoms with E-state index in [9.17, 15) is 4.79 Å². The van der Waals surface area contributed by atoms with Gasteiger partial charge in [0.25, 0.3) is 0 Å². The normalized spacial score (nSPS) is 7.62. The summed E-state index contributed by atoms with van der Waals surface area (Å²) >= 11 is 0. The molecule has 6 heteroatoms. The zero-order chi connectivity index (χ0) is 6.57. The number of carbonyl (C=O) groups is 1. The summed E-state index contributed by atoms with van der Waals surface area (Å²) in [5.74, 6) is 4.29. The van der Waals surface area contributed by atoms with Crippen molar-refractivity contribution < 1.29 is 4.79 Å². The number of nitrogens with two attached hydrogens (primary N) is 3. The number of hydrogen-bond acceptors (Lipinski definition) is 2. The Kier molecular flexibility index (Phi) is 2.35. The Morgan fingerprint density at radius 2 is 2.00 bits per heavy atom. The molecule has 0 rings (SSSR count). The fraction of sp³-hybridized carbons (Fsp3) is 0. The van der Waals surface area contributed by atoms with Crippen LogP contribution in [0.3, 0.4) is 0 Å². The van der Waals surface area contributed by atoms with Crippen LogP contribution in [-0.4, -0.2) is 12.0 Å². The zero-order valence-electron chi connectivity index (χ0n) is 4.09. The molecule has 0 aliphatic rings.